The lowest BCUT2D eigenvalue weighted by Gasteiger charge is -2.36. The smallest absolute Gasteiger partial charge is 0.253 e. The van der Waals surface area contributed by atoms with E-state index in [2.05, 4.69) is 21.2 Å². The molecule has 1 saturated heterocycles. The number of nitrogens with one attached hydrogen (secondary N) is 1. The average molecular weight is 439 g/mol. The van der Waals surface area contributed by atoms with Gasteiger partial charge in [-0.05, 0) is 51.1 Å². The van der Waals surface area contributed by atoms with E-state index in [0.717, 1.165) is 37.6 Å². The van der Waals surface area contributed by atoms with Crippen molar-refractivity contribution in [1.82, 2.24) is 9.80 Å². The monoisotopic (exact) mass is 438 g/mol. The molecule has 3 rings (SSSR count). The maximum absolute atomic E-state index is 12.6. The molecule has 0 atom stereocenters. The van der Waals surface area contributed by atoms with E-state index in [1.807, 2.05) is 45.0 Å². The van der Waals surface area contributed by atoms with Gasteiger partial charge in [0.1, 0.15) is 5.75 Å². The summed E-state index contributed by atoms with van der Waals surface area (Å²) in [6, 6.07) is 15.3. The summed E-state index contributed by atoms with van der Waals surface area (Å²) < 4.78 is 5.76. The number of carbonyl (C=O) groups is 2. The second kappa shape index (κ2) is 11.5. The molecular weight excluding hydrogens is 404 g/mol. The number of hydrogen-bond acceptors (Lipinski definition) is 5. The van der Waals surface area contributed by atoms with Gasteiger partial charge in [-0.3, -0.25) is 14.5 Å². The number of rotatable bonds is 9. The van der Waals surface area contributed by atoms with E-state index < -0.39 is 0 Å². The van der Waals surface area contributed by atoms with Crippen LogP contribution in [0.5, 0.6) is 5.75 Å². The Kier molecular flexibility index (Phi) is 8.50. The number of nitrogens with zero attached hydrogens (tertiary/aromatic N) is 3. The first-order chi connectivity index (χ1) is 15.5. The highest BCUT2D eigenvalue weighted by molar-refractivity contribution is 5.97. The highest BCUT2D eigenvalue weighted by atomic mass is 16.5. The van der Waals surface area contributed by atoms with Crippen LogP contribution in [-0.2, 0) is 4.79 Å². The molecule has 0 aromatic heterocycles. The third-order valence-corrected chi connectivity index (χ3v) is 5.69. The number of ether oxygens (including phenoxy) is 1. The molecule has 2 aromatic rings. The van der Waals surface area contributed by atoms with Crippen LogP contribution in [0.25, 0.3) is 0 Å². The van der Waals surface area contributed by atoms with Gasteiger partial charge in [-0.15, -0.1) is 0 Å². The number of hydrogen-bond donors (Lipinski definition) is 1. The van der Waals surface area contributed by atoms with Gasteiger partial charge < -0.3 is 19.9 Å². The molecule has 1 heterocycles. The van der Waals surface area contributed by atoms with Gasteiger partial charge in [0.2, 0.25) is 5.91 Å². The zero-order valence-corrected chi connectivity index (χ0v) is 19.3. The first-order valence-corrected chi connectivity index (χ1v) is 11.4. The van der Waals surface area contributed by atoms with Crippen molar-refractivity contribution in [2.45, 2.75) is 20.8 Å². The third kappa shape index (κ3) is 6.01. The molecule has 0 aliphatic carbocycles. The molecule has 2 amide bonds. The predicted molar refractivity (Wildman–Crippen MR) is 129 cm³/mol. The van der Waals surface area contributed by atoms with Crippen molar-refractivity contribution in [3.63, 3.8) is 0 Å². The molecule has 172 valence electrons. The fourth-order valence-electron chi connectivity index (χ4n) is 3.97. The first-order valence-electron chi connectivity index (χ1n) is 11.4. The lowest BCUT2D eigenvalue weighted by Crippen LogP contribution is -2.48. The van der Waals surface area contributed by atoms with E-state index in [1.54, 1.807) is 23.1 Å². The topological polar surface area (TPSA) is 65.1 Å². The van der Waals surface area contributed by atoms with Crippen LogP contribution in [0.4, 0.5) is 11.4 Å². The van der Waals surface area contributed by atoms with Crippen molar-refractivity contribution in [3.05, 3.63) is 54.1 Å². The Hall–Kier alpha value is -3.06. The molecule has 0 saturated carbocycles. The molecule has 0 radical (unpaired) electrons. The Morgan fingerprint density at radius 2 is 1.69 bits per heavy atom. The Labute approximate surface area is 190 Å². The normalized spacial score (nSPS) is 14.2. The van der Waals surface area contributed by atoms with Crippen LogP contribution in [0.2, 0.25) is 0 Å². The van der Waals surface area contributed by atoms with Crippen LogP contribution in [0.15, 0.2) is 48.5 Å². The van der Waals surface area contributed by atoms with Crippen molar-refractivity contribution >= 4 is 23.2 Å². The van der Waals surface area contributed by atoms with Crippen LogP contribution >= 0.6 is 0 Å². The molecule has 7 nitrogen and oxygen atoms in total. The van der Waals surface area contributed by atoms with E-state index in [-0.39, 0.29) is 11.8 Å². The average Bonchev–Trinajstić information content (AvgIpc) is 2.81. The molecular formula is C25H34N4O3. The Bertz CT molecular complexity index is 906. The Morgan fingerprint density at radius 1 is 0.969 bits per heavy atom. The van der Waals surface area contributed by atoms with Crippen molar-refractivity contribution in [2.24, 2.45) is 0 Å². The molecule has 0 spiro atoms. The first kappa shape index (κ1) is 23.6. The summed E-state index contributed by atoms with van der Waals surface area (Å²) in [5, 5.41) is 2.94. The van der Waals surface area contributed by atoms with Gasteiger partial charge in [0.05, 0.1) is 18.8 Å². The number of anilines is 2. The molecule has 7 heteroatoms. The second-order valence-corrected chi connectivity index (χ2v) is 7.77. The zero-order chi connectivity index (χ0) is 22.9. The maximum atomic E-state index is 12.6. The molecule has 2 aromatic carbocycles. The summed E-state index contributed by atoms with van der Waals surface area (Å²) in [7, 11) is 0. The van der Waals surface area contributed by atoms with Gasteiger partial charge in [0.15, 0.2) is 0 Å². The molecule has 1 aliphatic rings. The van der Waals surface area contributed by atoms with E-state index >= 15 is 0 Å². The van der Waals surface area contributed by atoms with Crippen molar-refractivity contribution < 1.29 is 14.3 Å². The lowest BCUT2D eigenvalue weighted by atomic mass is 10.1. The summed E-state index contributed by atoms with van der Waals surface area (Å²) in [5.74, 6) is 0.815. The van der Waals surface area contributed by atoms with Crippen molar-refractivity contribution in [2.75, 3.05) is 62.6 Å². The van der Waals surface area contributed by atoms with Crippen LogP contribution < -0.4 is 15.0 Å². The molecule has 0 unspecified atom stereocenters. The van der Waals surface area contributed by atoms with E-state index in [1.165, 1.54) is 0 Å². The Balaban J connectivity index is 1.53. The highest BCUT2D eigenvalue weighted by Gasteiger charge is 2.21. The van der Waals surface area contributed by atoms with Crippen LogP contribution in [0, 0.1) is 0 Å². The summed E-state index contributed by atoms with van der Waals surface area (Å²) in [4.78, 5) is 31.4. The fourth-order valence-corrected chi connectivity index (χ4v) is 3.97. The van der Waals surface area contributed by atoms with Gasteiger partial charge in [-0.25, -0.2) is 0 Å². The maximum Gasteiger partial charge on any atom is 0.253 e. The van der Waals surface area contributed by atoms with Crippen molar-refractivity contribution in [3.8, 4) is 5.75 Å². The molecule has 1 N–H and O–H groups in total. The zero-order valence-electron chi connectivity index (χ0n) is 19.3. The second-order valence-electron chi connectivity index (χ2n) is 7.77. The van der Waals surface area contributed by atoms with Gasteiger partial charge in [0.25, 0.3) is 5.91 Å². The minimum Gasteiger partial charge on any atom is -0.492 e. The number of benzene rings is 2. The number of piperazine rings is 1. The van der Waals surface area contributed by atoms with E-state index in [0.29, 0.717) is 37.5 Å². The number of amides is 2. The third-order valence-electron chi connectivity index (χ3n) is 5.69. The van der Waals surface area contributed by atoms with Crippen molar-refractivity contribution in [1.29, 1.82) is 0 Å². The SMILES string of the molecule is CCOc1ccccc1N1CCN(CC(=O)Nc2cccc(C(=O)N(CC)CC)c2)CC1. The number of para-hydroxylation sites is 2. The van der Waals surface area contributed by atoms with Crippen LogP contribution in [0.3, 0.4) is 0 Å². The molecule has 1 fully saturated rings. The molecule has 32 heavy (non-hydrogen) atoms. The molecule has 0 bridgehead atoms. The van der Waals surface area contributed by atoms with Crippen LogP contribution in [0.1, 0.15) is 31.1 Å². The quantitative estimate of drug-likeness (QED) is 0.651. The van der Waals surface area contributed by atoms with E-state index in [4.69, 9.17) is 4.74 Å². The summed E-state index contributed by atoms with van der Waals surface area (Å²) >= 11 is 0. The minimum atomic E-state index is -0.0689. The largest absolute Gasteiger partial charge is 0.492 e. The predicted octanol–water partition coefficient (Wildman–Crippen LogP) is 3.33. The van der Waals surface area contributed by atoms with Gasteiger partial charge >= 0.3 is 0 Å². The van der Waals surface area contributed by atoms with Gasteiger partial charge in [0, 0.05) is 50.5 Å². The van der Waals surface area contributed by atoms with E-state index in [9.17, 15) is 9.59 Å². The highest BCUT2D eigenvalue weighted by Crippen LogP contribution is 2.28. The summed E-state index contributed by atoms with van der Waals surface area (Å²) in [5.41, 5.74) is 2.35. The minimum absolute atomic E-state index is 0.0189. The fraction of sp³-hybridized carbons (Fsp3) is 0.440. The summed E-state index contributed by atoms with van der Waals surface area (Å²) in [6.07, 6.45) is 0. The Morgan fingerprint density at radius 3 is 2.38 bits per heavy atom. The summed E-state index contributed by atoms with van der Waals surface area (Å²) in [6.45, 7) is 11.5. The lowest BCUT2D eigenvalue weighted by molar-refractivity contribution is -0.117. The van der Waals surface area contributed by atoms with Gasteiger partial charge in [-0.1, -0.05) is 18.2 Å². The molecule has 1 aliphatic heterocycles. The standard InChI is InChI=1S/C25H34N4O3/c1-4-28(5-2)25(31)20-10-9-11-21(18-20)26-24(30)19-27-14-16-29(17-15-27)22-12-7-8-13-23(22)32-6-3/h7-13,18H,4-6,14-17,19H2,1-3H3,(H,26,30). The van der Waals surface area contributed by atoms with Gasteiger partial charge in [-0.2, -0.15) is 0 Å². The van der Waals surface area contributed by atoms with Crippen LogP contribution in [-0.4, -0.2) is 74.0 Å². The number of carbonyl (C=O) groups excluding carboxylic acids is 2.